The van der Waals surface area contributed by atoms with Crippen LogP contribution in [0, 0.1) is 6.92 Å². The summed E-state index contributed by atoms with van der Waals surface area (Å²) in [7, 11) is -3.63. The van der Waals surface area contributed by atoms with E-state index in [1.165, 1.54) is 12.4 Å². The number of rotatable bonds is 7. The van der Waals surface area contributed by atoms with Crippen molar-refractivity contribution in [3.05, 3.63) is 78.6 Å². The van der Waals surface area contributed by atoms with E-state index in [1.807, 2.05) is 41.9 Å². The fraction of sp³-hybridized carbons (Fsp3) is 0.259. The maximum Gasteiger partial charge on any atom is 0.246 e. The first-order chi connectivity index (χ1) is 18.3. The van der Waals surface area contributed by atoms with E-state index in [9.17, 15) is 13.2 Å². The van der Waals surface area contributed by atoms with Gasteiger partial charge in [-0.2, -0.15) is 5.10 Å². The standard InChI is InChI=1S/C27H29N7O3S/c1-3-23(35)33-13-5-7-21(16-33)34-27-24(26(28)29-17-30-27)25(32-34)20-11-9-19(10-12-20)15-31-38(36,37)22-8-4-6-18(2)14-22/h3-4,6,8-12,14,17,21,31H,1,5,7,13,15-16H2,2H3,(H2,28,29,30)/t21-/m1/s1. The van der Waals surface area contributed by atoms with Gasteiger partial charge in [-0.25, -0.2) is 27.8 Å². The van der Waals surface area contributed by atoms with Crippen molar-refractivity contribution in [2.45, 2.75) is 37.2 Å². The molecule has 1 aliphatic heterocycles. The van der Waals surface area contributed by atoms with Crippen molar-refractivity contribution in [2.75, 3.05) is 18.8 Å². The smallest absolute Gasteiger partial charge is 0.246 e. The van der Waals surface area contributed by atoms with Gasteiger partial charge in [-0.15, -0.1) is 0 Å². The van der Waals surface area contributed by atoms with Crippen LogP contribution >= 0.6 is 0 Å². The predicted molar refractivity (Wildman–Crippen MR) is 145 cm³/mol. The minimum absolute atomic E-state index is 0.0616. The SMILES string of the molecule is C=CC(=O)N1CCC[C@@H](n2nc(-c3ccc(CNS(=O)(=O)c4cccc(C)c4)cc3)c3c(N)ncnc32)C1. The third kappa shape index (κ3) is 5.02. The van der Waals surface area contributed by atoms with Gasteiger partial charge in [-0.05, 0) is 49.1 Å². The summed E-state index contributed by atoms with van der Waals surface area (Å²) in [5, 5.41) is 5.53. The van der Waals surface area contributed by atoms with E-state index in [-0.39, 0.29) is 23.4 Å². The van der Waals surface area contributed by atoms with E-state index < -0.39 is 10.0 Å². The second-order valence-electron chi connectivity index (χ2n) is 9.37. The maximum absolute atomic E-state index is 12.7. The third-order valence-corrected chi connectivity index (χ3v) is 8.14. The number of hydrogen-bond donors (Lipinski definition) is 2. The average Bonchev–Trinajstić information content (AvgIpc) is 3.33. The molecule has 1 aliphatic rings. The molecule has 1 amide bonds. The maximum atomic E-state index is 12.7. The van der Waals surface area contributed by atoms with Crippen LogP contribution in [0.1, 0.15) is 30.0 Å². The Balaban J connectivity index is 1.41. The van der Waals surface area contributed by atoms with Crippen molar-refractivity contribution in [2.24, 2.45) is 0 Å². The third-order valence-electron chi connectivity index (χ3n) is 6.74. The van der Waals surface area contributed by atoms with Crippen LogP contribution in [0.3, 0.4) is 0 Å². The van der Waals surface area contributed by atoms with Crippen LogP contribution < -0.4 is 10.5 Å². The number of nitrogens with zero attached hydrogens (tertiary/aromatic N) is 5. The van der Waals surface area contributed by atoms with Gasteiger partial charge in [0.05, 0.1) is 16.3 Å². The first-order valence-electron chi connectivity index (χ1n) is 12.3. The highest BCUT2D eigenvalue weighted by Crippen LogP contribution is 2.34. The molecular formula is C27H29N7O3S. The molecule has 1 saturated heterocycles. The number of carbonyl (C=O) groups is 1. The Kier molecular flexibility index (Phi) is 6.96. The van der Waals surface area contributed by atoms with Gasteiger partial charge in [0, 0.05) is 25.2 Å². The fourth-order valence-corrected chi connectivity index (χ4v) is 5.88. The van der Waals surface area contributed by atoms with Crippen LogP contribution in [0.2, 0.25) is 0 Å². The number of likely N-dealkylation sites (tertiary alicyclic amines) is 1. The number of aryl methyl sites for hydroxylation is 1. The highest BCUT2D eigenvalue weighted by Gasteiger charge is 2.28. The van der Waals surface area contributed by atoms with Gasteiger partial charge >= 0.3 is 0 Å². The number of piperidine rings is 1. The molecule has 5 rings (SSSR count). The van der Waals surface area contributed by atoms with E-state index in [0.29, 0.717) is 35.6 Å². The number of fused-ring (bicyclic) bond motifs is 1. The number of amides is 1. The Labute approximate surface area is 221 Å². The number of aromatic nitrogens is 4. The average molecular weight is 532 g/mol. The summed E-state index contributed by atoms with van der Waals surface area (Å²) in [6, 6.07) is 14.2. The van der Waals surface area contributed by atoms with Crippen LogP contribution in [0.5, 0.6) is 0 Å². The highest BCUT2D eigenvalue weighted by molar-refractivity contribution is 7.89. The zero-order valence-electron chi connectivity index (χ0n) is 21.0. The van der Waals surface area contributed by atoms with Crippen LogP contribution in [0.4, 0.5) is 5.82 Å². The first-order valence-corrected chi connectivity index (χ1v) is 13.8. The summed E-state index contributed by atoms with van der Waals surface area (Å²) in [6.45, 7) is 6.79. The minimum Gasteiger partial charge on any atom is -0.383 e. The lowest BCUT2D eigenvalue weighted by molar-refractivity contribution is -0.127. The lowest BCUT2D eigenvalue weighted by Gasteiger charge is -2.32. The van der Waals surface area contributed by atoms with Gasteiger partial charge in [0.1, 0.15) is 17.8 Å². The molecule has 0 unspecified atom stereocenters. The number of nitrogens with one attached hydrogen (secondary N) is 1. The van der Waals surface area contributed by atoms with Crippen molar-refractivity contribution in [1.29, 1.82) is 0 Å². The number of nitrogen functional groups attached to an aromatic ring is 1. The van der Waals surface area contributed by atoms with Gasteiger partial charge in [-0.3, -0.25) is 4.79 Å². The molecular weight excluding hydrogens is 502 g/mol. The summed E-state index contributed by atoms with van der Waals surface area (Å²) in [6.07, 6.45) is 4.44. The van der Waals surface area contributed by atoms with Crippen molar-refractivity contribution in [3.8, 4) is 11.3 Å². The lowest BCUT2D eigenvalue weighted by atomic mass is 10.1. The quantitative estimate of drug-likeness (QED) is 0.350. The zero-order chi connectivity index (χ0) is 26.9. The Morgan fingerprint density at radius 1 is 1.21 bits per heavy atom. The number of anilines is 1. The Morgan fingerprint density at radius 2 is 2.00 bits per heavy atom. The Morgan fingerprint density at radius 3 is 2.74 bits per heavy atom. The number of sulfonamides is 1. The molecule has 2 aromatic heterocycles. The molecule has 0 aliphatic carbocycles. The van der Waals surface area contributed by atoms with Crippen molar-refractivity contribution >= 4 is 32.8 Å². The van der Waals surface area contributed by atoms with Crippen LogP contribution in [0.15, 0.2) is 72.4 Å². The van der Waals surface area contributed by atoms with E-state index >= 15 is 0 Å². The molecule has 3 heterocycles. The number of nitrogens with two attached hydrogens (primary N) is 1. The number of carbonyl (C=O) groups excluding carboxylic acids is 1. The van der Waals surface area contributed by atoms with Gasteiger partial charge in [0.25, 0.3) is 0 Å². The van der Waals surface area contributed by atoms with Crippen molar-refractivity contribution in [3.63, 3.8) is 0 Å². The summed E-state index contributed by atoms with van der Waals surface area (Å²) in [5.74, 6) is 0.218. The minimum atomic E-state index is -3.63. The van der Waals surface area contributed by atoms with Crippen LogP contribution in [-0.4, -0.2) is 52.1 Å². The number of hydrogen-bond acceptors (Lipinski definition) is 7. The lowest BCUT2D eigenvalue weighted by Crippen LogP contribution is -2.40. The molecule has 196 valence electrons. The largest absolute Gasteiger partial charge is 0.383 e. The molecule has 0 bridgehead atoms. The Hall–Kier alpha value is -4.09. The molecule has 11 heteroatoms. The van der Waals surface area contributed by atoms with E-state index in [0.717, 1.165) is 29.5 Å². The molecule has 3 N–H and O–H groups in total. The molecule has 0 spiro atoms. The summed E-state index contributed by atoms with van der Waals surface area (Å²) in [4.78, 5) is 22.9. The Bertz CT molecular complexity index is 1610. The van der Waals surface area contributed by atoms with E-state index in [1.54, 1.807) is 23.1 Å². The molecule has 1 fully saturated rings. The monoisotopic (exact) mass is 531 g/mol. The summed E-state index contributed by atoms with van der Waals surface area (Å²) >= 11 is 0. The van der Waals surface area contributed by atoms with Crippen molar-refractivity contribution < 1.29 is 13.2 Å². The fourth-order valence-electron chi connectivity index (χ4n) is 4.76. The second kappa shape index (κ2) is 10.3. The number of benzene rings is 2. The molecule has 0 saturated carbocycles. The molecule has 4 aromatic rings. The highest BCUT2D eigenvalue weighted by atomic mass is 32.2. The predicted octanol–water partition coefficient (Wildman–Crippen LogP) is 3.21. The molecule has 0 radical (unpaired) electrons. The van der Waals surface area contributed by atoms with Gasteiger partial charge in [0.2, 0.25) is 15.9 Å². The molecule has 2 aromatic carbocycles. The van der Waals surface area contributed by atoms with Gasteiger partial charge in [-0.1, -0.05) is 43.0 Å². The van der Waals surface area contributed by atoms with Crippen molar-refractivity contribution in [1.82, 2.24) is 29.4 Å². The summed E-state index contributed by atoms with van der Waals surface area (Å²) in [5.41, 5.74) is 9.99. The first kappa shape index (κ1) is 25.6. The molecule has 1 atom stereocenters. The second-order valence-corrected chi connectivity index (χ2v) is 11.1. The topological polar surface area (TPSA) is 136 Å². The van der Waals surface area contributed by atoms with Crippen LogP contribution in [0.25, 0.3) is 22.3 Å². The van der Waals surface area contributed by atoms with E-state index in [4.69, 9.17) is 10.8 Å². The summed E-state index contributed by atoms with van der Waals surface area (Å²) < 4.78 is 29.9. The van der Waals surface area contributed by atoms with Gasteiger partial charge in [0.15, 0.2) is 5.65 Å². The molecule has 10 nitrogen and oxygen atoms in total. The van der Waals surface area contributed by atoms with E-state index in [2.05, 4.69) is 21.3 Å². The normalized spacial score (nSPS) is 16.0. The zero-order valence-corrected chi connectivity index (χ0v) is 21.9. The molecule has 38 heavy (non-hydrogen) atoms. The van der Waals surface area contributed by atoms with Gasteiger partial charge < -0.3 is 10.6 Å². The van der Waals surface area contributed by atoms with Crippen LogP contribution in [-0.2, 0) is 21.4 Å².